The van der Waals surface area contributed by atoms with E-state index < -0.39 is 15.1 Å². The van der Waals surface area contributed by atoms with E-state index in [0.717, 1.165) is 11.1 Å². The van der Waals surface area contributed by atoms with Crippen LogP contribution >= 0.6 is 0 Å². The molecule has 2 rings (SSSR count). The third-order valence-corrected chi connectivity index (χ3v) is 4.63. The number of hydrogen-bond donors (Lipinski definition) is 0. The van der Waals surface area contributed by atoms with E-state index in [4.69, 9.17) is 5.26 Å². The highest BCUT2D eigenvalue weighted by atomic mass is 32.2. The number of aryl methyl sites for hydroxylation is 1. The maximum absolute atomic E-state index is 11.5. The summed E-state index contributed by atoms with van der Waals surface area (Å²) >= 11 is 0. The molecule has 1 aliphatic carbocycles. The molecular formula is C12H13NO2S. The van der Waals surface area contributed by atoms with Crippen molar-refractivity contribution in [3.8, 4) is 6.07 Å². The van der Waals surface area contributed by atoms with Crippen LogP contribution in [0.25, 0.3) is 0 Å². The summed E-state index contributed by atoms with van der Waals surface area (Å²) in [7, 11) is -3.12. The van der Waals surface area contributed by atoms with Crippen LogP contribution in [0.2, 0.25) is 0 Å². The third-order valence-electron chi connectivity index (χ3n) is 3.06. The van der Waals surface area contributed by atoms with Gasteiger partial charge in [-0.2, -0.15) is 5.26 Å². The normalized spacial score (nSPS) is 28.4. The van der Waals surface area contributed by atoms with Gasteiger partial charge in [-0.15, -0.1) is 0 Å². The second kappa shape index (κ2) is 3.60. The Kier molecular flexibility index (Phi) is 2.51. The number of sulfone groups is 1. The standard InChI is InChI=1S/C12H13NO2S/c1-8-3-5-9(6-4-8)11-10(7-13)12(11)16(2,14)15/h3-6,10-12H,1-2H3/t10-,11-,12+/m1/s1. The number of hydrogen-bond acceptors (Lipinski definition) is 3. The lowest BCUT2D eigenvalue weighted by molar-refractivity contribution is 0.599. The molecule has 1 aromatic carbocycles. The molecule has 0 aliphatic heterocycles. The highest BCUT2D eigenvalue weighted by Gasteiger charge is 2.57. The fourth-order valence-corrected chi connectivity index (χ4v) is 3.69. The second-order valence-corrected chi connectivity index (χ2v) is 6.59. The molecule has 3 atom stereocenters. The van der Waals surface area contributed by atoms with Crippen molar-refractivity contribution >= 4 is 9.84 Å². The lowest BCUT2D eigenvalue weighted by Gasteiger charge is -1.99. The maximum Gasteiger partial charge on any atom is 0.152 e. The lowest BCUT2D eigenvalue weighted by atomic mass is 10.1. The minimum atomic E-state index is -3.12. The van der Waals surface area contributed by atoms with E-state index in [1.54, 1.807) is 0 Å². The zero-order chi connectivity index (χ0) is 11.9. The van der Waals surface area contributed by atoms with Gasteiger partial charge < -0.3 is 0 Å². The Balaban J connectivity index is 2.31. The van der Waals surface area contributed by atoms with Gasteiger partial charge in [0.2, 0.25) is 0 Å². The van der Waals surface area contributed by atoms with Gasteiger partial charge in [-0.3, -0.25) is 0 Å². The molecule has 0 radical (unpaired) electrons. The highest BCUT2D eigenvalue weighted by Crippen LogP contribution is 2.51. The van der Waals surface area contributed by atoms with Gasteiger partial charge in [0.05, 0.1) is 17.2 Å². The van der Waals surface area contributed by atoms with Gasteiger partial charge in [0, 0.05) is 12.2 Å². The molecule has 1 aliphatic rings. The molecule has 0 bridgehead atoms. The molecule has 1 aromatic rings. The van der Waals surface area contributed by atoms with Crippen molar-refractivity contribution in [3.63, 3.8) is 0 Å². The Hall–Kier alpha value is -1.34. The van der Waals surface area contributed by atoms with Crippen LogP contribution < -0.4 is 0 Å². The first-order chi connectivity index (χ1) is 7.45. The number of nitriles is 1. The Labute approximate surface area is 95.6 Å². The van der Waals surface area contributed by atoms with Gasteiger partial charge in [-0.05, 0) is 12.5 Å². The molecule has 1 fully saturated rings. The predicted octanol–water partition coefficient (Wildman–Crippen LogP) is 1.65. The van der Waals surface area contributed by atoms with E-state index in [2.05, 4.69) is 6.07 Å². The van der Waals surface area contributed by atoms with E-state index in [-0.39, 0.29) is 11.8 Å². The number of benzene rings is 1. The molecule has 0 unspecified atom stereocenters. The summed E-state index contributed by atoms with van der Waals surface area (Å²) in [6, 6.07) is 9.80. The summed E-state index contributed by atoms with van der Waals surface area (Å²) in [4.78, 5) is 0. The fraction of sp³-hybridized carbons (Fsp3) is 0.417. The molecule has 0 amide bonds. The molecule has 3 nitrogen and oxygen atoms in total. The van der Waals surface area contributed by atoms with Gasteiger partial charge in [0.15, 0.2) is 9.84 Å². The molecule has 0 spiro atoms. The monoisotopic (exact) mass is 235 g/mol. The van der Waals surface area contributed by atoms with Crippen molar-refractivity contribution in [2.24, 2.45) is 5.92 Å². The topological polar surface area (TPSA) is 57.9 Å². The number of rotatable bonds is 2. The SMILES string of the molecule is Cc1ccc([C@@H]2[C@@H](C#N)[C@@H]2S(C)(=O)=O)cc1. The summed E-state index contributed by atoms with van der Waals surface area (Å²) < 4.78 is 22.9. The van der Waals surface area contributed by atoms with Crippen molar-refractivity contribution in [2.75, 3.05) is 6.26 Å². The molecule has 16 heavy (non-hydrogen) atoms. The Bertz CT molecular complexity index is 539. The Morgan fingerprint density at radius 3 is 2.19 bits per heavy atom. The Morgan fingerprint density at radius 1 is 1.25 bits per heavy atom. The summed E-state index contributed by atoms with van der Waals surface area (Å²) in [5.41, 5.74) is 2.08. The van der Waals surface area contributed by atoms with Gasteiger partial charge in [-0.25, -0.2) is 8.42 Å². The first kappa shape index (κ1) is 11.2. The van der Waals surface area contributed by atoms with Crippen molar-refractivity contribution in [3.05, 3.63) is 35.4 Å². The predicted molar refractivity (Wildman–Crippen MR) is 61.7 cm³/mol. The largest absolute Gasteiger partial charge is 0.229 e. The van der Waals surface area contributed by atoms with E-state index in [9.17, 15) is 8.42 Å². The van der Waals surface area contributed by atoms with Crippen LogP contribution in [0.3, 0.4) is 0 Å². The van der Waals surface area contributed by atoms with Crippen molar-refractivity contribution in [2.45, 2.75) is 18.1 Å². The van der Waals surface area contributed by atoms with Gasteiger partial charge in [0.25, 0.3) is 0 Å². The molecule has 0 heterocycles. The minimum Gasteiger partial charge on any atom is -0.229 e. The van der Waals surface area contributed by atoms with Crippen LogP contribution in [0, 0.1) is 24.2 Å². The first-order valence-corrected chi connectivity index (χ1v) is 7.05. The van der Waals surface area contributed by atoms with E-state index >= 15 is 0 Å². The van der Waals surface area contributed by atoms with Crippen molar-refractivity contribution in [1.29, 1.82) is 5.26 Å². The zero-order valence-corrected chi connectivity index (χ0v) is 10.0. The maximum atomic E-state index is 11.5. The molecule has 1 saturated carbocycles. The van der Waals surface area contributed by atoms with E-state index in [1.165, 1.54) is 6.26 Å². The Morgan fingerprint density at radius 2 is 1.81 bits per heavy atom. The summed E-state index contributed by atoms with van der Waals surface area (Å²) in [5.74, 6) is -0.515. The van der Waals surface area contributed by atoms with Crippen LogP contribution in [0.5, 0.6) is 0 Å². The van der Waals surface area contributed by atoms with Crippen LogP contribution in [0.4, 0.5) is 0 Å². The summed E-state index contributed by atoms with van der Waals surface area (Å²) in [6.45, 7) is 1.98. The highest BCUT2D eigenvalue weighted by molar-refractivity contribution is 7.91. The van der Waals surface area contributed by atoms with Gasteiger partial charge >= 0.3 is 0 Å². The fourth-order valence-electron chi connectivity index (χ4n) is 2.16. The third kappa shape index (κ3) is 1.83. The van der Waals surface area contributed by atoms with Crippen LogP contribution in [-0.4, -0.2) is 19.9 Å². The quantitative estimate of drug-likeness (QED) is 0.783. The second-order valence-electron chi connectivity index (χ2n) is 4.39. The molecule has 0 saturated heterocycles. The molecule has 4 heteroatoms. The zero-order valence-electron chi connectivity index (χ0n) is 9.21. The minimum absolute atomic E-state index is 0.138. The summed E-state index contributed by atoms with van der Waals surface area (Å²) in [6.07, 6.45) is 1.20. The van der Waals surface area contributed by atoms with Gasteiger partial charge in [0.1, 0.15) is 0 Å². The van der Waals surface area contributed by atoms with Crippen molar-refractivity contribution < 1.29 is 8.42 Å². The van der Waals surface area contributed by atoms with E-state index in [1.807, 2.05) is 31.2 Å². The van der Waals surface area contributed by atoms with Crippen molar-refractivity contribution in [1.82, 2.24) is 0 Å². The summed E-state index contributed by atoms with van der Waals surface area (Å²) in [5, 5.41) is 8.40. The lowest BCUT2D eigenvalue weighted by Crippen LogP contribution is -2.06. The van der Waals surface area contributed by atoms with Crippen LogP contribution in [0.1, 0.15) is 17.0 Å². The molecule has 84 valence electrons. The average molecular weight is 235 g/mol. The number of nitrogens with zero attached hydrogens (tertiary/aromatic N) is 1. The average Bonchev–Trinajstić information content (AvgIpc) is 2.92. The molecule has 0 aromatic heterocycles. The van der Waals surface area contributed by atoms with Gasteiger partial charge in [-0.1, -0.05) is 29.8 Å². The molecule has 0 N–H and O–H groups in total. The smallest absolute Gasteiger partial charge is 0.152 e. The van der Waals surface area contributed by atoms with Crippen LogP contribution in [-0.2, 0) is 9.84 Å². The van der Waals surface area contributed by atoms with Crippen LogP contribution in [0.15, 0.2) is 24.3 Å². The molecular weight excluding hydrogens is 222 g/mol. The first-order valence-electron chi connectivity index (χ1n) is 5.10. The van der Waals surface area contributed by atoms with E-state index in [0.29, 0.717) is 0 Å².